The molecule has 2 aliphatic heterocycles. The van der Waals surface area contributed by atoms with Crippen molar-refractivity contribution < 1.29 is 13.2 Å². The van der Waals surface area contributed by atoms with Crippen LogP contribution >= 0.6 is 0 Å². The molecule has 4 heteroatoms. The highest BCUT2D eigenvalue weighted by atomic mass is 32.2. The van der Waals surface area contributed by atoms with Gasteiger partial charge in [0.05, 0.1) is 10.5 Å². The number of rotatable bonds is 4. The molecule has 2 unspecified atom stereocenters. The van der Waals surface area contributed by atoms with E-state index in [1.165, 1.54) is 5.56 Å². The number of ketones is 1. The number of hydrogen-bond donors (Lipinski definition) is 0. The summed E-state index contributed by atoms with van der Waals surface area (Å²) in [5.74, 6) is 0.635. The molecule has 1 aromatic carbocycles. The van der Waals surface area contributed by atoms with Gasteiger partial charge >= 0.3 is 0 Å². The molecule has 0 radical (unpaired) electrons. The smallest absolute Gasteiger partial charge is 0.156 e. The first kappa shape index (κ1) is 16.7. The van der Waals surface area contributed by atoms with Gasteiger partial charge in [-0.05, 0) is 42.7 Å². The van der Waals surface area contributed by atoms with E-state index in [0.717, 1.165) is 24.8 Å². The van der Waals surface area contributed by atoms with Crippen LogP contribution in [0.4, 0.5) is 0 Å². The highest BCUT2D eigenvalue weighted by molar-refractivity contribution is 7.92. The molecule has 0 aromatic heterocycles. The Hall–Kier alpha value is -1.16. The van der Waals surface area contributed by atoms with Crippen LogP contribution in [0.15, 0.2) is 24.3 Å². The van der Waals surface area contributed by atoms with Gasteiger partial charge in [-0.15, -0.1) is 0 Å². The standard InChI is InChI=1S/C19H26O3S/c1-13(2)15-8-6-14(7-9-15)10-19(20)16-11-17-4-3-5-18(12-16)23(17,21)22/h6-9,13,16-18H,3-5,10-12H2,1-2H3. The van der Waals surface area contributed by atoms with Crippen molar-refractivity contribution in [1.29, 1.82) is 0 Å². The Morgan fingerprint density at radius 2 is 1.65 bits per heavy atom. The Bertz CT molecular complexity index is 653. The van der Waals surface area contributed by atoms with Crippen molar-refractivity contribution >= 4 is 15.6 Å². The molecule has 0 spiro atoms. The van der Waals surface area contributed by atoms with Crippen molar-refractivity contribution in [2.75, 3.05) is 0 Å². The monoisotopic (exact) mass is 334 g/mol. The molecule has 1 aromatic rings. The predicted molar refractivity (Wildman–Crippen MR) is 92.3 cm³/mol. The Balaban J connectivity index is 1.67. The van der Waals surface area contributed by atoms with Crippen LogP contribution in [0.2, 0.25) is 0 Å². The summed E-state index contributed by atoms with van der Waals surface area (Å²) in [6, 6.07) is 8.25. The Morgan fingerprint density at radius 3 is 2.17 bits per heavy atom. The van der Waals surface area contributed by atoms with Gasteiger partial charge in [0, 0.05) is 12.3 Å². The molecule has 2 bridgehead atoms. The molecule has 0 N–H and O–H groups in total. The molecule has 0 amide bonds. The summed E-state index contributed by atoms with van der Waals surface area (Å²) in [5.41, 5.74) is 2.32. The Labute approximate surface area is 139 Å². The van der Waals surface area contributed by atoms with Crippen LogP contribution in [0.1, 0.15) is 63.0 Å². The van der Waals surface area contributed by atoms with E-state index in [-0.39, 0.29) is 22.2 Å². The lowest BCUT2D eigenvalue weighted by atomic mass is 9.84. The van der Waals surface area contributed by atoms with E-state index >= 15 is 0 Å². The minimum absolute atomic E-state index is 0.0707. The second-order valence-electron chi connectivity index (χ2n) is 7.47. The summed E-state index contributed by atoms with van der Waals surface area (Å²) in [6.45, 7) is 4.31. The molecular formula is C19H26O3S. The average molecular weight is 334 g/mol. The van der Waals surface area contributed by atoms with E-state index in [0.29, 0.717) is 25.2 Å². The molecule has 126 valence electrons. The number of hydrogen-bond acceptors (Lipinski definition) is 3. The molecule has 3 rings (SSSR count). The quantitative estimate of drug-likeness (QED) is 0.844. The molecule has 2 aliphatic rings. The third-order valence-electron chi connectivity index (χ3n) is 5.56. The number of carbonyl (C=O) groups excluding carboxylic acids is 1. The lowest BCUT2D eigenvalue weighted by Gasteiger charge is -2.38. The second kappa shape index (κ2) is 6.39. The molecule has 2 heterocycles. The fourth-order valence-corrected chi connectivity index (χ4v) is 6.57. The maximum absolute atomic E-state index is 12.6. The zero-order valence-electron chi connectivity index (χ0n) is 14.0. The van der Waals surface area contributed by atoms with Gasteiger partial charge in [0.15, 0.2) is 9.84 Å². The predicted octanol–water partition coefficient (Wildman–Crippen LogP) is 3.67. The van der Waals surface area contributed by atoms with Gasteiger partial charge < -0.3 is 0 Å². The van der Waals surface area contributed by atoms with Crippen molar-refractivity contribution in [1.82, 2.24) is 0 Å². The van der Waals surface area contributed by atoms with E-state index in [2.05, 4.69) is 26.0 Å². The maximum Gasteiger partial charge on any atom is 0.156 e. The molecule has 2 fully saturated rings. The zero-order chi connectivity index (χ0) is 16.6. The summed E-state index contributed by atoms with van der Waals surface area (Å²) in [6.07, 6.45) is 4.00. The van der Waals surface area contributed by atoms with Gasteiger partial charge in [-0.3, -0.25) is 4.79 Å². The van der Waals surface area contributed by atoms with Gasteiger partial charge in [-0.25, -0.2) is 8.42 Å². The maximum atomic E-state index is 12.6. The van der Waals surface area contributed by atoms with Gasteiger partial charge in [0.2, 0.25) is 0 Å². The molecule has 2 saturated heterocycles. The first-order valence-electron chi connectivity index (χ1n) is 8.72. The van der Waals surface area contributed by atoms with Crippen LogP contribution in [0, 0.1) is 5.92 Å². The summed E-state index contributed by atoms with van der Waals surface area (Å²) in [7, 11) is -2.97. The van der Waals surface area contributed by atoms with Crippen LogP contribution < -0.4 is 0 Å². The number of Topliss-reactive ketones (excluding diaryl/α,β-unsaturated/α-hetero) is 1. The first-order valence-corrected chi connectivity index (χ1v) is 10.3. The highest BCUT2D eigenvalue weighted by Crippen LogP contribution is 2.40. The molecule has 0 saturated carbocycles. The Morgan fingerprint density at radius 1 is 1.09 bits per heavy atom. The fourth-order valence-electron chi connectivity index (χ4n) is 4.04. The second-order valence-corrected chi connectivity index (χ2v) is 9.98. The lowest BCUT2D eigenvalue weighted by Crippen LogP contribution is -2.45. The number of benzene rings is 1. The zero-order valence-corrected chi connectivity index (χ0v) is 14.8. The van der Waals surface area contributed by atoms with E-state index < -0.39 is 9.84 Å². The molecule has 3 nitrogen and oxygen atoms in total. The molecule has 2 atom stereocenters. The summed E-state index contributed by atoms with van der Waals surface area (Å²) >= 11 is 0. The minimum atomic E-state index is -2.97. The molecular weight excluding hydrogens is 308 g/mol. The third kappa shape index (κ3) is 3.37. The van der Waals surface area contributed by atoms with E-state index in [1.54, 1.807) is 0 Å². The van der Waals surface area contributed by atoms with Crippen molar-refractivity contribution in [3.05, 3.63) is 35.4 Å². The molecule has 0 aliphatic carbocycles. The average Bonchev–Trinajstić information content (AvgIpc) is 2.46. The number of sulfone groups is 1. The van der Waals surface area contributed by atoms with Gasteiger partial charge in [0.25, 0.3) is 0 Å². The largest absolute Gasteiger partial charge is 0.299 e. The van der Waals surface area contributed by atoms with Crippen LogP contribution in [0.25, 0.3) is 0 Å². The van der Waals surface area contributed by atoms with Crippen LogP contribution in [0.3, 0.4) is 0 Å². The van der Waals surface area contributed by atoms with Gasteiger partial charge in [-0.2, -0.15) is 0 Å². The van der Waals surface area contributed by atoms with Crippen LogP contribution in [0.5, 0.6) is 0 Å². The summed E-state index contributed by atoms with van der Waals surface area (Å²) in [4.78, 5) is 12.6. The number of fused-ring (bicyclic) bond motifs is 2. The fraction of sp³-hybridized carbons (Fsp3) is 0.632. The number of carbonyl (C=O) groups is 1. The van der Waals surface area contributed by atoms with E-state index in [1.807, 2.05) is 12.1 Å². The SMILES string of the molecule is CC(C)c1ccc(CC(=O)C2CC3CCCC(C2)S3(=O)=O)cc1. The van der Waals surface area contributed by atoms with E-state index in [4.69, 9.17) is 0 Å². The van der Waals surface area contributed by atoms with Crippen LogP contribution in [-0.4, -0.2) is 24.7 Å². The first-order chi connectivity index (χ1) is 10.9. The van der Waals surface area contributed by atoms with E-state index in [9.17, 15) is 13.2 Å². The van der Waals surface area contributed by atoms with Gasteiger partial charge in [-0.1, -0.05) is 44.5 Å². The Kier molecular flexibility index (Phi) is 4.63. The van der Waals surface area contributed by atoms with Gasteiger partial charge in [0.1, 0.15) is 5.78 Å². The molecule has 23 heavy (non-hydrogen) atoms. The minimum Gasteiger partial charge on any atom is -0.299 e. The normalized spacial score (nSPS) is 29.4. The van der Waals surface area contributed by atoms with Crippen molar-refractivity contribution in [2.45, 2.75) is 68.8 Å². The van der Waals surface area contributed by atoms with Crippen molar-refractivity contribution in [3.63, 3.8) is 0 Å². The van der Waals surface area contributed by atoms with Crippen molar-refractivity contribution in [3.8, 4) is 0 Å². The highest BCUT2D eigenvalue weighted by Gasteiger charge is 2.45. The topological polar surface area (TPSA) is 51.2 Å². The lowest BCUT2D eigenvalue weighted by molar-refractivity contribution is -0.122. The van der Waals surface area contributed by atoms with Crippen LogP contribution in [-0.2, 0) is 21.1 Å². The van der Waals surface area contributed by atoms with Crippen molar-refractivity contribution in [2.24, 2.45) is 5.92 Å². The summed E-state index contributed by atoms with van der Waals surface area (Å²) in [5, 5.41) is -0.542. The third-order valence-corrected chi connectivity index (χ3v) is 8.27. The summed E-state index contributed by atoms with van der Waals surface area (Å²) < 4.78 is 24.6.